The zero-order valence-corrected chi connectivity index (χ0v) is 13.3. The standard InChI is InChI=1S/C17H25N3O2/c1-12(2)10-15(18)17(22)20-9-8-14(11-20)19-16(21)13-6-4-3-5-7-13/h3-7,12,14-15H,8-11,18H2,1-2H3,(H,19,21)/t14-,15+/m1/s1. The number of amides is 2. The summed E-state index contributed by atoms with van der Waals surface area (Å²) in [5.74, 6) is 0.298. The smallest absolute Gasteiger partial charge is 0.251 e. The van der Waals surface area contributed by atoms with E-state index in [-0.39, 0.29) is 17.9 Å². The van der Waals surface area contributed by atoms with Crippen molar-refractivity contribution in [2.45, 2.75) is 38.8 Å². The van der Waals surface area contributed by atoms with Gasteiger partial charge in [0.15, 0.2) is 0 Å². The Morgan fingerprint density at radius 3 is 2.64 bits per heavy atom. The fourth-order valence-electron chi connectivity index (χ4n) is 2.78. The average Bonchev–Trinajstić information content (AvgIpc) is 2.95. The minimum absolute atomic E-state index is 0.00269. The predicted octanol–water partition coefficient (Wildman–Crippen LogP) is 1.39. The first kappa shape index (κ1) is 16.5. The quantitative estimate of drug-likeness (QED) is 0.863. The number of nitrogens with two attached hydrogens (primary N) is 1. The first-order chi connectivity index (χ1) is 10.5. The molecule has 120 valence electrons. The summed E-state index contributed by atoms with van der Waals surface area (Å²) in [6, 6.07) is 8.68. The average molecular weight is 303 g/mol. The van der Waals surface area contributed by atoms with Gasteiger partial charge < -0.3 is 16.0 Å². The number of nitrogens with zero attached hydrogens (tertiary/aromatic N) is 1. The molecule has 1 fully saturated rings. The van der Waals surface area contributed by atoms with Crippen molar-refractivity contribution in [3.05, 3.63) is 35.9 Å². The summed E-state index contributed by atoms with van der Waals surface area (Å²) in [5, 5.41) is 2.99. The second kappa shape index (κ2) is 7.40. The third-order valence-electron chi connectivity index (χ3n) is 3.91. The molecule has 0 aliphatic carbocycles. The largest absolute Gasteiger partial charge is 0.347 e. The number of rotatable bonds is 5. The van der Waals surface area contributed by atoms with E-state index in [1.165, 1.54) is 0 Å². The van der Waals surface area contributed by atoms with Crippen molar-refractivity contribution in [2.24, 2.45) is 11.7 Å². The second-order valence-electron chi connectivity index (χ2n) is 6.35. The van der Waals surface area contributed by atoms with E-state index in [0.717, 1.165) is 6.42 Å². The molecule has 1 aliphatic heterocycles. The van der Waals surface area contributed by atoms with Gasteiger partial charge in [-0.05, 0) is 30.9 Å². The highest BCUT2D eigenvalue weighted by molar-refractivity contribution is 5.94. The molecule has 2 amide bonds. The van der Waals surface area contributed by atoms with E-state index < -0.39 is 6.04 Å². The molecule has 0 unspecified atom stereocenters. The Balaban J connectivity index is 1.85. The SMILES string of the molecule is CC(C)C[C@H](N)C(=O)N1CC[C@@H](NC(=O)c2ccccc2)C1. The Bertz CT molecular complexity index is 516. The van der Waals surface area contributed by atoms with Crippen molar-refractivity contribution < 1.29 is 9.59 Å². The lowest BCUT2D eigenvalue weighted by Gasteiger charge is -2.22. The molecule has 1 aromatic carbocycles. The van der Waals surface area contributed by atoms with Crippen molar-refractivity contribution in [1.29, 1.82) is 0 Å². The van der Waals surface area contributed by atoms with Gasteiger partial charge in [-0.1, -0.05) is 32.0 Å². The zero-order chi connectivity index (χ0) is 16.1. The molecule has 3 N–H and O–H groups in total. The Morgan fingerprint density at radius 1 is 1.32 bits per heavy atom. The topological polar surface area (TPSA) is 75.4 Å². The number of hydrogen-bond donors (Lipinski definition) is 2. The van der Waals surface area contributed by atoms with Crippen LogP contribution in [0, 0.1) is 5.92 Å². The molecular formula is C17H25N3O2. The maximum atomic E-state index is 12.3. The first-order valence-electron chi connectivity index (χ1n) is 7.87. The van der Waals surface area contributed by atoms with E-state index in [1.807, 2.05) is 18.2 Å². The van der Waals surface area contributed by atoms with Crippen LogP contribution >= 0.6 is 0 Å². The molecule has 5 nitrogen and oxygen atoms in total. The fraction of sp³-hybridized carbons (Fsp3) is 0.529. The Labute approximate surface area is 131 Å². The van der Waals surface area contributed by atoms with Gasteiger partial charge in [0.05, 0.1) is 6.04 Å². The molecule has 1 aliphatic rings. The lowest BCUT2D eigenvalue weighted by Crippen LogP contribution is -2.45. The van der Waals surface area contributed by atoms with Crippen molar-refractivity contribution >= 4 is 11.8 Å². The summed E-state index contributed by atoms with van der Waals surface area (Å²) in [5.41, 5.74) is 6.60. The van der Waals surface area contributed by atoms with E-state index >= 15 is 0 Å². The maximum Gasteiger partial charge on any atom is 0.251 e. The van der Waals surface area contributed by atoms with Gasteiger partial charge >= 0.3 is 0 Å². The van der Waals surface area contributed by atoms with Gasteiger partial charge in [0.1, 0.15) is 0 Å². The minimum Gasteiger partial charge on any atom is -0.347 e. The molecule has 5 heteroatoms. The number of nitrogens with one attached hydrogen (secondary N) is 1. The molecule has 1 aromatic rings. The van der Waals surface area contributed by atoms with E-state index in [1.54, 1.807) is 17.0 Å². The van der Waals surface area contributed by atoms with Gasteiger partial charge in [-0.15, -0.1) is 0 Å². The van der Waals surface area contributed by atoms with Gasteiger partial charge in [0, 0.05) is 24.7 Å². The normalized spacial score (nSPS) is 19.3. The Morgan fingerprint density at radius 2 is 2.00 bits per heavy atom. The van der Waals surface area contributed by atoms with Crippen LogP contribution < -0.4 is 11.1 Å². The van der Waals surface area contributed by atoms with Gasteiger partial charge in [-0.2, -0.15) is 0 Å². The van der Waals surface area contributed by atoms with E-state index in [4.69, 9.17) is 5.73 Å². The minimum atomic E-state index is -0.441. The van der Waals surface area contributed by atoms with Crippen molar-refractivity contribution in [3.8, 4) is 0 Å². The molecule has 0 aromatic heterocycles. The molecule has 1 saturated heterocycles. The van der Waals surface area contributed by atoms with Crippen LogP contribution in [0.4, 0.5) is 0 Å². The Kier molecular flexibility index (Phi) is 5.55. The molecule has 22 heavy (non-hydrogen) atoms. The third-order valence-corrected chi connectivity index (χ3v) is 3.91. The number of hydrogen-bond acceptors (Lipinski definition) is 3. The molecule has 0 saturated carbocycles. The molecule has 0 radical (unpaired) electrons. The van der Waals surface area contributed by atoms with Crippen LogP contribution in [0.15, 0.2) is 30.3 Å². The first-order valence-corrected chi connectivity index (χ1v) is 7.87. The van der Waals surface area contributed by atoms with Gasteiger partial charge in [0.25, 0.3) is 5.91 Å². The van der Waals surface area contributed by atoms with Gasteiger partial charge in [-0.25, -0.2) is 0 Å². The summed E-state index contributed by atoms with van der Waals surface area (Å²) >= 11 is 0. The summed E-state index contributed by atoms with van der Waals surface area (Å²) < 4.78 is 0. The molecular weight excluding hydrogens is 278 g/mol. The van der Waals surface area contributed by atoms with Gasteiger partial charge in [-0.3, -0.25) is 9.59 Å². The van der Waals surface area contributed by atoms with Crippen LogP contribution in [0.2, 0.25) is 0 Å². The van der Waals surface area contributed by atoms with Crippen LogP contribution in [0.3, 0.4) is 0 Å². The van der Waals surface area contributed by atoms with Crippen molar-refractivity contribution in [1.82, 2.24) is 10.2 Å². The number of carbonyl (C=O) groups excluding carboxylic acids is 2. The Hall–Kier alpha value is -1.88. The van der Waals surface area contributed by atoms with Crippen molar-refractivity contribution in [2.75, 3.05) is 13.1 Å². The molecule has 1 heterocycles. The highest BCUT2D eigenvalue weighted by atomic mass is 16.2. The highest BCUT2D eigenvalue weighted by Crippen LogP contribution is 2.14. The molecule has 2 rings (SSSR count). The summed E-state index contributed by atoms with van der Waals surface area (Å²) in [6.07, 6.45) is 1.47. The molecule has 0 bridgehead atoms. The van der Waals surface area contributed by atoms with Crippen LogP contribution in [-0.2, 0) is 4.79 Å². The summed E-state index contributed by atoms with van der Waals surface area (Å²) in [4.78, 5) is 26.2. The number of benzene rings is 1. The highest BCUT2D eigenvalue weighted by Gasteiger charge is 2.30. The predicted molar refractivity (Wildman–Crippen MR) is 86.3 cm³/mol. The number of carbonyl (C=O) groups is 2. The molecule has 0 spiro atoms. The van der Waals surface area contributed by atoms with Crippen LogP contribution in [-0.4, -0.2) is 41.9 Å². The lowest BCUT2D eigenvalue weighted by molar-refractivity contribution is -0.131. The zero-order valence-electron chi connectivity index (χ0n) is 13.3. The summed E-state index contributed by atoms with van der Waals surface area (Å²) in [6.45, 7) is 5.31. The molecule has 2 atom stereocenters. The van der Waals surface area contributed by atoms with Crippen LogP contribution in [0.25, 0.3) is 0 Å². The van der Waals surface area contributed by atoms with Crippen LogP contribution in [0.5, 0.6) is 0 Å². The number of likely N-dealkylation sites (tertiary alicyclic amines) is 1. The van der Waals surface area contributed by atoms with E-state index in [2.05, 4.69) is 19.2 Å². The lowest BCUT2D eigenvalue weighted by atomic mass is 10.0. The third kappa shape index (κ3) is 4.31. The summed E-state index contributed by atoms with van der Waals surface area (Å²) in [7, 11) is 0. The second-order valence-corrected chi connectivity index (χ2v) is 6.35. The van der Waals surface area contributed by atoms with E-state index in [0.29, 0.717) is 31.0 Å². The fourth-order valence-corrected chi connectivity index (χ4v) is 2.78. The van der Waals surface area contributed by atoms with Gasteiger partial charge in [0.2, 0.25) is 5.91 Å². The van der Waals surface area contributed by atoms with Crippen LogP contribution in [0.1, 0.15) is 37.0 Å². The maximum absolute atomic E-state index is 12.3. The monoisotopic (exact) mass is 303 g/mol. The van der Waals surface area contributed by atoms with Crippen molar-refractivity contribution in [3.63, 3.8) is 0 Å². The van der Waals surface area contributed by atoms with E-state index in [9.17, 15) is 9.59 Å².